The second kappa shape index (κ2) is 13.8. The highest BCUT2D eigenvalue weighted by Crippen LogP contribution is 2.40. The molecule has 1 nitrogen and oxygen atoms in total. The summed E-state index contributed by atoms with van der Waals surface area (Å²) < 4.78 is 6.67. The van der Waals surface area contributed by atoms with Gasteiger partial charge in [-0.1, -0.05) is 103 Å². The molecule has 152 valence electrons. The van der Waals surface area contributed by atoms with Gasteiger partial charge in [0.05, 0.1) is 12.2 Å². The topological polar surface area (TPSA) is 9.23 Å². The van der Waals surface area contributed by atoms with Crippen molar-refractivity contribution in [3.8, 4) is 0 Å². The summed E-state index contributed by atoms with van der Waals surface area (Å²) in [6.45, 7) is 4.60. The average Bonchev–Trinajstić information content (AvgIpc) is 2.67. The smallest absolute Gasteiger partial charge is 0.0644 e. The summed E-state index contributed by atoms with van der Waals surface area (Å²) in [5.74, 6) is 0.764. The Labute approximate surface area is 164 Å². The van der Waals surface area contributed by atoms with Gasteiger partial charge in [-0.2, -0.15) is 0 Å². The SMILES string of the molecule is CCCCCCCC[C@@H]1CC2=CCCC[C@H]2[C@H](CCCCCCCC)O1. The fourth-order valence-electron chi connectivity index (χ4n) is 4.99. The van der Waals surface area contributed by atoms with Crippen LogP contribution in [-0.4, -0.2) is 12.2 Å². The van der Waals surface area contributed by atoms with Gasteiger partial charge in [-0.05, 0) is 38.5 Å². The van der Waals surface area contributed by atoms with Crippen LogP contribution in [0, 0.1) is 5.92 Å². The molecule has 0 unspecified atom stereocenters. The van der Waals surface area contributed by atoms with E-state index >= 15 is 0 Å². The van der Waals surface area contributed by atoms with Gasteiger partial charge in [0.1, 0.15) is 0 Å². The first-order chi connectivity index (χ1) is 12.8. The van der Waals surface area contributed by atoms with Crippen LogP contribution >= 0.6 is 0 Å². The lowest BCUT2D eigenvalue weighted by Crippen LogP contribution is -2.38. The van der Waals surface area contributed by atoms with Crippen molar-refractivity contribution in [2.45, 2.75) is 142 Å². The summed E-state index contributed by atoms with van der Waals surface area (Å²) >= 11 is 0. The van der Waals surface area contributed by atoms with Crippen molar-refractivity contribution in [1.29, 1.82) is 0 Å². The highest BCUT2D eigenvalue weighted by molar-refractivity contribution is 5.15. The molecular formula is C25H46O. The Kier molecular flexibility index (Phi) is 11.7. The summed E-state index contributed by atoms with van der Waals surface area (Å²) in [6, 6.07) is 0. The zero-order chi connectivity index (χ0) is 18.5. The van der Waals surface area contributed by atoms with Crippen molar-refractivity contribution >= 4 is 0 Å². The quantitative estimate of drug-likeness (QED) is 0.223. The molecule has 1 aliphatic carbocycles. The van der Waals surface area contributed by atoms with Crippen molar-refractivity contribution < 1.29 is 4.74 Å². The molecule has 26 heavy (non-hydrogen) atoms. The van der Waals surface area contributed by atoms with Crippen LogP contribution in [-0.2, 0) is 4.74 Å². The molecule has 0 aromatic carbocycles. The lowest BCUT2D eigenvalue weighted by molar-refractivity contribution is -0.0715. The van der Waals surface area contributed by atoms with E-state index in [9.17, 15) is 0 Å². The second-order valence-electron chi connectivity index (χ2n) is 8.93. The van der Waals surface area contributed by atoms with Crippen molar-refractivity contribution in [1.82, 2.24) is 0 Å². The summed E-state index contributed by atoms with van der Waals surface area (Å²) in [6.07, 6.45) is 28.4. The predicted molar refractivity (Wildman–Crippen MR) is 115 cm³/mol. The molecule has 1 saturated heterocycles. The van der Waals surface area contributed by atoms with Crippen LogP contribution in [0.25, 0.3) is 0 Å². The first-order valence-corrected chi connectivity index (χ1v) is 12.2. The molecule has 3 atom stereocenters. The Morgan fingerprint density at radius 3 is 2.12 bits per heavy atom. The Morgan fingerprint density at radius 1 is 0.808 bits per heavy atom. The maximum Gasteiger partial charge on any atom is 0.0644 e. The summed E-state index contributed by atoms with van der Waals surface area (Å²) in [5, 5.41) is 0. The molecule has 0 bridgehead atoms. The van der Waals surface area contributed by atoms with Gasteiger partial charge in [0.2, 0.25) is 0 Å². The van der Waals surface area contributed by atoms with Gasteiger partial charge in [-0.3, -0.25) is 0 Å². The van der Waals surface area contributed by atoms with Crippen molar-refractivity contribution in [2.75, 3.05) is 0 Å². The number of allylic oxidation sites excluding steroid dienone is 1. The third kappa shape index (κ3) is 8.15. The third-order valence-corrected chi connectivity index (χ3v) is 6.60. The molecule has 2 aliphatic rings. The third-order valence-electron chi connectivity index (χ3n) is 6.60. The monoisotopic (exact) mass is 362 g/mol. The molecule has 0 N–H and O–H groups in total. The molecule has 0 amide bonds. The van der Waals surface area contributed by atoms with Gasteiger partial charge in [0.25, 0.3) is 0 Å². The Balaban J connectivity index is 1.70. The normalized spacial score (nSPS) is 25.8. The van der Waals surface area contributed by atoms with E-state index in [4.69, 9.17) is 4.74 Å². The van der Waals surface area contributed by atoms with E-state index in [1.165, 1.54) is 116 Å². The number of hydrogen-bond acceptors (Lipinski definition) is 1. The molecule has 2 rings (SSSR count). The Hall–Kier alpha value is -0.300. The van der Waals surface area contributed by atoms with Crippen LogP contribution in [0.4, 0.5) is 0 Å². The fourth-order valence-corrected chi connectivity index (χ4v) is 4.99. The van der Waals surface area contributed by atoms with Crippen molar-refractivity contribution in [3.63, 3.8) is 0 Å². The van der Waals surface area contributed by atoms with Gasteiger partial charge < -0.3 is 4.74 Å². The zero-order valence-electron chi connectivity index (χ0n) is 17.9. The molecular weight excluding hydrogens is 316 g/mol. The Morgan fingerprint density at radius 2 is 1.42 bits per heavy atom. The van der Waals surface area contributed by atoms with Gasteiger partial charge in [0, 0.05) is 5.92 Å². The number of hydrogen-bond donors (Lipinski definition) is 0. The van der Waals surface area contributed by atoms with E-state index in [1.54, 1.807) is 5.57 Å². The lowest BCUT2D eigenvalue weighted by Gasteiger charge is -2.41. The highest BCUT2D eigenvalue weighted by atomic mass is 16.5. The highest BCUT2D eigenvalue weighted by Gasteiger charge is 2.34. The molecule has 1 heteroatoms. The number of rotatable bonds is 14. The first kappa shape index (κ1) is 22.0. The molecule has 0 radical (unpaired) electrons. The van der Waals surface area contributed by atoms with E-state index < -0.39 is 0 Å². The minimum Gasteiger partial charge on any atom is -0.374 e. The van der Waals surface area contributed by atoms with Gasteiger partial charge >= 0.3 is 0 Å². The van der Waals surface area contributed by atoms with Crippen LogP contribution in [0.15, 0.2) is 11.6 Å². The Bertz CT molecular complexity index is 372. The maximum absolute atomic E-state index is 6.67. The van der Waals surface area contributed by atoms with E-state index in [-0.39, 0.29) is 0 Å². The first-order valence-electron chi connectivity index (χ1n) is 12.2. The van der Waals surface area contributed by atoms with Gasteiger partial charge in [-0.25, -0.2) is 0 Å². The summed E-state index contributed by atoms with van der Waals surface area (Å²) in [5.41, 5.74) is 1.77. The van der Waals surface area contributed by atoms with E-state index in [1.807, 2.05) is 0 Å². The number of ether oxygens (including phenoxy) is 1. The van der Waals surface area contributed by atoms with E-state index in [0.717, 1.165) is 5.92 Å². The van der Waals surface area contributed by atoms with Crippen LogP contribution < -0.4 is 0 Å². The average molecular weight is 363 g/mol. The van der Waals surface area contributed by atoms with Crippen molar-refractivity contribution in [3.05, 3.63) is 11.6 Å². The molecule has 1 aliphatic heterocycles. The molecule has 1 heterocycles. The zero-order valence-corrected chi connectivity index (χ0v) is 17.9. The van der Waals surface area contributed by atoms with E-state index in [0.29, 0.717) is 12.2 Å². The molecule has 0 aromatic rings. The van der Waals surface area contributed by atoms with Crippen LogP contribution in [0.2, 0.25) is 0 Å². The van der Waals surface area contributed by atoms with Crippen LogP contribution in [0.1, 0.15) is 129 Å². The predicted octanol–water partition coefficient (Wildman–Crippen LogP) is 8.37. The van der Waals surface area contributed by atoms with Crippen LogP contribution in [0.5, 0.6) is 0 Å². The van der Waals surface area contributed by atoms with Crippen LogP contribution in [0.3, 0.4) is 0 Å². The minimum absolute atomic E-state index is 0.520. The fraction of sp³-hybridized carbons (Fsp3) is 0.920. The van der Waals surface area contributed by atoms with E-state index in [2.05, 4.69) is 19.9 Å². The lowest BCUT2D eigenvalue weighted by atomic mass is 9.77. The second-order valence-corrected chi connectivity index (χ2v) is 8.93. The number of fused-ring (bicyclic) bond motifs is 1. The minimum atomic E-state index is 0.520. The van der Waals surface area contributed by atoms with Gasteiger partial charge in [0.15, 0.2) is 0 Å². The molecule has 0 aromatic heterocycles. The largest absolute Gasteiger partial charge is 0.374 e. The van der Waals surface area contributed by atoms with Gasteiger partial charge in [-0.15, -0.1) is 0 Å². The van der Waals surface area contributed by atoms with Crippen molar-refractivity contribution in [2.24, 2.45) is 5.92 Å². The standard InChI is InChI=1S/C25H46O/c1-3-5-7-9-11-13-18-23-21-22-17-15-16-19-24(22)25(26-23)20-14-12-10-8-6-4-2/h17,23-25H,3-16,18-21H2,1-2H3/t23-,24-,25+/m1/s1. The maximum atomic E-state index is 6.67. The molecule has 1 fully saturated rings. The number of unbranched alkanes of at least 4 members (excludes halogenated alkanes) is 10. The summed E-state index contributed by atoms with van der Waals surface area (Å²) in [4.78, 5) is 0. The molecule has 0 spiro atoms. The molecule has 0 saturated carbocycles. The summed E-state index contributed by atoms with van der Waals surface area (Å²) in [7, 11) is 0.